The number of nitrogens with one attached hydrogen (secondary N) is 1. The Hall–Kier alpha value is -0.830. The molecular formula is C5H8ClN3. The van der Waals surface area contributed by atoms with Crippen molar-refractivity contribution in [1.82, 2.24) is 0 Å². The van der Waals surface area contributed by atoms with Crippen molar-refractivity contribution in [2.75, 3.05) is 0 Å². The fourth-order valence-electron chi connectivity index (χ4n) is 0.531. The molecule has 1 unspecified atom stereocenters. The third-order valence-corrected chi connectivity index (χ3v) is 0.945. The molecule has 4 heteroatoms. The first kappa shape index (κ1) is 8.17. The summed E-state index contributed by atoms with van der Waals surface area (Å²) >= 11 is 0. The fourth-order valence-corrected chi connectivity index (χ4v) is 0.531. The second kappa shape index (κ2) is 3.25. The van der Waals surface area contributed by atoms with Gasteiger partial charge in [-0.05, 0) is 6.08 Å². The van der Waals surface area contributed by atoms with Gasteiger partial charge in [0.1, 0.15) is 11.9 Å². The van der Waals surface area contributed by atoms with Gasteiger partial charge in [0, 0.05) is 6.21 Å². The molecule has 3 N–H and O–H groups in total. The van der Waals surface area contributed by atoms with Crippen molar-refractivity contribution in [1.29, 1.82) is 5.41 Å². The fraction of sp³-hybridized carbons (Fsp3) is 0.200. The number of nitrogens with two attached hydrogens (primary N) is 1. The minimum Gasteiger partial charge on any atom is -0.386 e. The maximum Gasteiger partial charge on any atom is 0.125 e. The van der Waals surface area contributed by atoms with E-state index in [2.05, 4.69) is 4.99 Å². The number of aliphatic imine (C=N–C) groups is 1. The van der Waals surface area contributed by atoms with Crippen molar-refractivity contribution in [3.05, 3.63) is 12.2 Å². The molecule has 0 radical (unpaired) electrons. The van der Waals surface area contributed by atoms with Gasteiger partial charge in [-0.15, -0.1) is 12.4 Å². The summed E-state index contributed by atoms with van der Waals surface area (Å²) in [5.74, 6) is 0.106. The highest BCUT2D eigenvalue weighted by molar-refractivity contribution is 5.90. The maximum atomic E-state index is 6.90. The lowest BCUT2D eigenvalue weighted by molar-refractivity contribution is 1.07. The number of halogens is 1. The van der Waals surface area contributed by atoms with Gasteiger partial charge in [-0.1, -0.05) is 6.08 Å². The number of hydrogen-bond acceptors (Lipinski definition) is 2. The molecule has 0 spiro atoms. The molecule has 0 fully saturated rings. The van der Waals surface area contributed by atoms with Crippen LogP contribution in [-0.2, 0) is 0 Å². The smallest absolute Gasteiger partial charge is 0.125 e. The van der Waals surface area contributed by atoms with Gasteiger partial charge in [0.05, 0.1) is 0 Å². The predicted octanol–water partition coefficient (Wildman–Crippen LogP) is 0.353. The van der Waals surface area contributed by atoms with Crippen molar-refractivity contribution < 1.29 is 0 Å². The number of allylic oxidation sites excluding steroid dienone is 1. The van der Waals surface area contributed by atoms with Gasteiger partial charge in [-0.25, -0.2) is 0 Å². The zero-order valence-electron chi connectivity index (χ0n) is 4.74. The highest BCUT2D eigenvalue weighted by atomic mass is 35.5. The quantitative estimate of drug-likeness (QED) is 0.406. The molecule has 0 saturated heterocycles. The van der Waals surface area contributed by atoms with Gasteiger partial charge in [-0.2, -0.15) is 0 Å². The molecule has 1 rings (SSSR count). The van der Waals surface area contributed by atoms with E-state index in [4.69, 9.17) is 11.1 Å². The van der Waals surface area contributed by atoms with Crippen molar-refractivity contribution in [2.24, 2.45) is 10.7 Å². The van der Waals surface area contributed by atoms with Crippen LogP contribution in [0.4, 0.5) is 0 Å². The van der Waals surface area contributed by atoms with E-state index in [1.165, 1.54) is 0 Å². The Morgan fingerprint density at radius 3 is 2.56 bits per heavy atom. The van der Waals surface area contributed by atoms with Crippen LogP contribution in [0.3, 0.4) is 0 Å². The van der Waals surface area contributed by atoms with Crippen LogP contribution in [0.15, 0.2) is 17.1 Å². The molecule has 0 aliphatic carbocycles. The highest BCUT2D eigenvalue weighted by Gasteiger charge is 2.05. The lowest BCUT2D eigenvalue weighted by Crippen LogP contribution is -2.22. The van der Waals surface area contributed by atoms with E-state index in [0.717, 1.165) is 0 Å². The van der Waals surface area contributed by atoms with E-state index in [9.17, 15) is 0 Å². The molecule has 1 aliphatic heterocycles. The van der Waals surface area contributed by atoms with Crippen LogP contribution in [0.5, 0.6) is 0 Å². The summed E-state index contributed by atoms with van der Waals surface area (Å²) in [6.07, 6.45) is 5.21. The van der Waals surface area contributed by atoms with Gasteiger partial charge in [-0.3, -0.25) is 10.4 Å². The van der Waals surface area contributed by atoms with Crippen LogP contribution in [0.25, 0.3) is 0 Å². The molecule has 0 aromatic rings. The van der Waals surface area contributed by atoms with Crippen LogP contribution in [0.1, 0.15) is 0 Å². The molecule has 1 atom stereocenters. The number of rotatable bonds is 1. The first-order chi connectivity index (χ1) is 3.80. The third kappa shape index (κ3) is 1.85. The monoisotopic (exact) mass is 145 g/mol. The SMILES string of the molecule is Cl.N=C(N)C1C=CC=N1. The van der Waals surface area contributed by atoms with Gasteiger partial charge < -0.3 is 5.73 Å². The van der Waals surface area contributed by atoms with Gasteiger partial charge in [0.25, 0.3) is 0 Å². The topological polar surface area (TPSA) is 62.2 Å². The number of amidine groups is 1. The van der Waals surface area contributed by atoms with E-state index >= 15 is 0 Å². The van der Waals surface area contributed by atoms with Crippen molar-refractivity contribution in [3.8, 4) is 0 Å². The molecule has 0 aromatic carbocycles. The second-order valence-electron chi connectivity index (χ2n) is 1.58. The third-order valence-electron chi connectivity index (χ3n) is 0.945. The van der Waals surface area contributed by atoms with E-state index in [1.54, 1.807) is 18.4 Å². The maximum absolute atomic E-state index is 6.90. The van der Waals surface area contributed by atoms with E-state index < -0.39 is 0 Å². The average molecular weight is 146 g/mol. The van der Waals surface area contributed by atoms with Gasteiger partial charge >= 0.3 is 0 Å². The predicted molar refractivity (Wildman–Crippen MR) is 40.6 cm³/mol. The first-order valence-electron chi connectivity index (χ1n) is 2.34. The zero-order valence-corrected chi connectivity index (χ0v) is 5.56. The Labute approximate surface area is 59.6 Å². The van der Waals surface area contributed by atoms with Crippen molar-refractivity contribution in [3.63, 3.8) is 0 Å². The average Bonchev–Trinajstić information content (AvgIpc) is 2.12. The molecule has 3 nitrogen and oxygen atoms in total. The summed E-state index contributed by atoms with van der Waals surface area (Å²) in [5.41, 5.74) is 5.12. The minimum absolute atomic E-state index is 0. The molecule has 0 amide bonds. The van der Waals surface area contributed by atoms with Crippen LogP contribution in [0, 0.1) is 5.41 Å². The summed E-state index contributed by atoms with van der Waals surface area (Å²) in [5, 5.41) is 6.90. The highest BCUT2D eigenvalue weighted by Crippen LogP contribution is 1.96. The molecule has 9 heavy (non-hydrogen) atoms. The molecule has 0 aromatic heterocycles. The van der Waals surface area contributed by atoms with Gasteiger partial charge in [0.15, 0.2) is 0 Å². The summed E-state index contributed by atoms with van der Waals surface area (Å²) in [7, 11) is 0. The Balaban J connectivity index is 0.000000640. The van der Waals surface area contributed by atoms with Crippen molar-refractivity contribution in [2.45, 2.75) is 6.04 Å². The van der Waals surface area contributed by atoms with E-state index in [1.807, 2.05) is 0 Å². The first-order valence-corrected chi connectivity index (χ1v) is 2.34. The Morgan fingerprint density at radius 1 is 1.67 bits per heavy atom. The van der Waals surface area contributed by atoms with E-state index in [-0.39, 0.29) is 24.3 Å². The molecule has 1 heterocycles. The molecule has 0 bridgehead atoms. The number of hydrogen-bond donors (Lipinski definition) is 2. The Kier molecular flexibility index (Phi) is 2.95. The van der Waals surface area contributed by atoms with Crippen molar-refractivity contribution >= 4 is 24.5 Å². The van der Waals surface area contributed by atoms with Crippen LogP contribution >= 0.6 is 12.4 Å². The van der Waals surface area contributed by atoms with Crippen LogP contribution < -0.4 is 5.73 Å². The Bertz CT molecular complexity index is 150. The minimum atomic E-state index is -0.185. The second-order valence-corrected chi connectivity index (χ2v) is 1.58. The van der Waals surface area contributed by atoms with Gasteiger partial charge in [0.2, 0.25) is 0 Å². The lowest BCUT2D eigenvalue weighted by atomic mass is 10.3. The standard InChI is InChI=1S/C5H7N3.ClH/c6-5(7)4-2-1-3-8-4;/h1-4H,(H3,6,7);1H. The summed E-state index contributed by atoms with van der Waals surface area (Å²) in [6.45, 7) is 0. The van der Waals surface area contributed by atoms with Crippen LogP contribution in [0.2, 0.25) is 0 Å². The molecular weight excluding hydrogens is 138 g/mol. The Morgan fingerprint density at radius 2 is 2.33 bits per heavy atom. The summed E-state index contributed by atoms with van der Waals surface area (Å²) in [4.78, 5) is 3.85. The normalized spacial score (nSPS) is 21.6. The molecule has 1 aliphatic rings. The zero-order chi connectivity index (χ0) is 5.98. The van der Waals surface area contributed by atoms with Crippen LogP contribution in [-0.4, -0.2) is 18.1 Å². The summed E-state index contributed by atoms with van der Waals surface area (Å²) in [6, 6.07) is -0.185. The molecule has 0 saturated carbocycles. The summed E-state index contributed by atoms with van der Waals surface area (Å²) < 4.78 is 0. The number of nitrogens with zero attached hydrogens (tertiary/aromatic N) is 1. The molecule has 50 valence electrons. The largest absolute Gasteiger partial charge is 0.386 e. The van der Waals surface area contributed by atoms with E-state index in [0.29, 0.717) is 0 Å². The lowest BCUT2D eigenvalue weighted by Gasteiger charge is -1.97.